The van der Waals surface area contributed by atoms with Gasteiger partial charge in [0.1, 0.15) is 11.5 Å². The minimum atomic E-state index is -2.84. The maximum Gasteiger partial charge on any atom is 0.387 e. The van der Waals surface area contributed by atoms with Crippen LogP contribution in [0.3, 0.4) is 0 Å². The molecule has 1 aromatic carbocycles. The fourth-order valence-electron chi connectivity index (χ4n) is 1.55. The predicted octanol–water partition coefficient (Wildman–Crippen LogP) is 3.33. The number of rotatable bonds is 6. The van der Waals surface area contributed by atoms with Gasteiger partial charge in [0, 0.05) is 22.6 Å². The van der Waals surface area contributed by atoms with Crippen LogP contribution in [0.5, 0.6) is 5.75 Å². The first-order valence-corrected chi connectivity index (χ1v) is 6.28. The van der Waals surface area contributed by atoms with Crippen LogP contribution < -0.4 is 10.1 Å². The van der Waals surface area contributed by atoms with Crippen molar-refractivity contribution in [3.8, 4) is 5.75 Å². The third kappa shape index (κ3) is 4.29. The van der Waals surface area contributed by atoms with Gasteiger partial charge in [0.05, 0.1) is 12.7 Å². The van der Waals surface area contributed by atoms with Crippen molar-refractivity contribution in [3.05, 3.63) is 46.3 Å². The number of aromatic nitrogens is 1. The van der Waals surface area contributed by atoms with E-state index >= 15 is 0 Å². The minimum Gasteiger partial charge on any atom is -0.434 e. The molecule has 2 rings (SSSR count). The highest BCUT2D eigenvalue weighted by Crippen LogP contribution is 2.24. The average molecular weight is 333 g/mol. The van der Waals surface area contributed by atoms with Gasteiger partial charge in [-0.2, -0.15) is 8.78 Å². The van der Waals surface area contributed by atoms with Gasteiger partial charge in [-0.1, -0.05) is 21.1 Å². The van der Waals surface area contributed by atoms with E-state index in [0.29, 0.717) is 24.4 Å². The third-order valence-electron chi connectivity index (χ3n) is 2.34. The van der Waals surface area contributed by atoms with Gasteiger partial charge in [0.25, 0.3) is 0 Å². The highest BCUT2D eigenvalue weighted by molar-refractivity contribution is 9.10. The molecule has 0 aliphatic heterocycles. The average Bonchev–Trinajstić information content (AvgIpc) is 2.85. The Morgan fingerprint density at radius 1 is 1.32 bits per heavy atom. The molecule has 0 atom stereocenters. The number of benzene rings is 1. The Morgan fingerprint density at radius 2 is 2.16 bits per heavy atom. The van der Waals surface area contributed by atoms with Gasteiger partial charge in [-0.3, -0.25) is 0 Å². The molecule has 0 saturated heterocycles. The Morgan fingerprint density at radius 3 is 2.84 bits per heavy atom. The van der Waals surface area contributed by atoms with E-state index in [2.05, 4.69) is 31.1 Å². The van der Waals surface area contributed by atoms with Crippen LogP contribution in [0.15, 0.2) is 39.5 Å². The van der Waals surface area contributed by atoms with Crippen LogP contribution in [-0.4, -0.2) is 11.8 Å². The van der Waals surface area contributed by atoms with Crippen molar-refractivity contribution in [1.82, 2.24) is 10.5 Å². The normalized spacial score (nSPS) is 10.9. The summed E-state index contributed by atoms with van der Waals surface area (Å²) in [5.74, 6) is 0.828. The summed E-state index contributed by atoms with van der Waals surface area (Å²) in [5, 5.41) is 6.64. The van der Waals surface area contributed by atoms with E-state index in [1.54, 1.807) is 24.4 Å². The highest BCUT2D eigenvalue weighted by Gasteiger charge is 2.10. The summed E-state index contributed by atoms with van der Waals surface area (Å²) >= 11 is 3.29. The number of nitrogens with zero attached hydrogens (tertiary/aromatic N) is 1. The van der Waals surface area contributed by atoms with E-state index in [1.165, 1.54) is 6.07 Å². The van der Waals surface area contributed by atoms with Gasteiger partial charge >= 0.3 is 6.61 Å². The van der Waals surface area contributed by atoms with E-state index in [1.807, 2.05) is 0 Å². The monoisotopic (exact) mass is 332 g/mol. The maximum absolute atomic E-state index is 12.3. The Kier molecular flexibility index (Phi) is 4.86. The van der Waals surface area contributed by atoms with Crippen LogP contribution in [0.1, 0.15) is 11.3 Å². The van der Waals surface area contributed by atoms with Crippen molar-refractivity contribution in [2.45, 2.75) is 19.7 Å². The molecule has 0 unspecified atom stereocenters. The van der Waals surface area contributed by atoms with E-state index in [4.69, 9.17) is 4.52 Å². The second-order valence-corrected chi connectivity index (χ2v) is 4.63. The molecule has 0 aliphatic carbocycles. The van der Waals surface area contributed by atoms with Gasteiger partial charge in [0.15, 0.2) is 0 Å². The molecule has 2 aromatic rings. The topological polar surface area (TPSA) is 47.3 Å². The Bertz CT molecular complexity index is 520. The lowest BCUT2D eigenvalue weighted by Gasteiger charge is -2.11. The molecule has 7 heteroatoms. The zero-order valence-corrected chi connectivity index (χ0v) is 11.4. The van der Waals surface area contributed by atoms with Crippen LogP contribution in [0.2, 0.25) is 0 Å². The molecule has 1 N–H and O–H groups in total. The number of alkyl halides is 2. The van der Waals surface area contributed by atoms with Crippen LogP contribution in [-0.2, 0) is 13.1 Å². The molecule has 0 fully saturated rings. The van der Waals surface area contributed by atoms with Gasteiger partial charge in [0.2, 0.25) is 0 Å². The minimum absolute atomic E-state index is 0.156. The van der Waals surface area contributed by atoms with E-state index < -0.39 is 6.61 Å². The van der Waals surface area contributed by atoms with Gasteiger partial charge < -0.3 is 14.6 Å². The van der Waals surface area contributed by atoms with Crippen molar-refractivity contribution in [3.63, 3.8) is 0 Å². The zero-order valence-electron chi connectivity index (χ0n) is 9.78. The Balaban J connectivity index is 1.99. The zero-order chi connectivity index (χ0) is 13.7. The molecule has 102 valence electrons. The Labute approximate surface area is 116 Å². The van der Waals surface area contributed by atoms with E-state index in [9.17, 15) is 8.78 Å². The summed E-state index contributed by atoms with van der Waals surface area (Å²) < 4.78 is 34.7. The summed E-state index contributed by atoms with van der Waals surface area (Å²) in [5.41, 5.74) is 0.634. The molecule has 0 aliphatic rings. The molecule has 0 radical (unpaired) electrons. The first kappa shape index (κ1) is 14.0. The lowest BCUT2D eigenvalue weighted by molar-refractivity contribution is -0.0505. The summed E-state index contributed by atoms with van der Waals surface area (Å²) in [7, 11) is 0. The number of ether oxygens (including phenoxy) is 1. The first-order chi connectivity index (χ1) is 9.15. The van der Waals surface area contributed by atoms with Crippen LogP contribution >= 0.6 is 15.9 Å². The van der Waals surface area contributed by atoms with Crippen molar-refractivity contribution < 1.29 is 18.0 Å². The first-order valence-electron chi connectivity index (χ1n) is 5.48. The number of nitrogens with one attached hydrogen (secondary N) is 1. The maximum atomic E-state index is 12.3. The number of halogens is 3. The molecule has 19 heavy (non-hydrogen) atoms. The second-order valence-electron chi connectivity index (χ2n) is 3.71. The number of hydrogen-bond acceptors (Lipinski definition) is 4. The smallest absolute Gasteiger partial charge is 0.387 e. The van der Waals surface area contributed by atoms with Crippen LogP contribution in [0.4, 0.5) is 8.78 Å². The summed E-state index contributed by atoms with van der Waals surface area (Å²) in [6.45, 7) is -2.00. The quantitative estimate of drug-likeness (QED) is 0.881. The third-order valence-corrected chi connectivity index (χ3v) is 2.84. The van der Waals surface area contributed by atoms with E-state index in [-0.39, 0.29) is 5.75 Å². The fourth-order valence-corrected chi connectivity index (χ4v) is 1.96. The molecule has 1 aromatic heterocycles. The van der Waals surface area contributed by atoms with Crippen LogP contribution in [0.25, 0.3) is 0 Å². The lowest BCUT2D eigenvalue weighted by atomic mass is 10.2. The molecular weight excluding hydrogens is 322 g/mol. The lowest BCUT2D eigenvalue weighted by Crippen LogP contribution is -2.14. The molecule has 4 nitrogen and oxygen atoms in total. The predicted molar refractivity (Wildman–Crippen MR) is 67.8 cm³/mol. The molecule has 0 saturated carbocycles. The van der Waals surface area contributed by atoms with Crippen molar-refractivity contribution in [1.29, 1.82) is 0 Å². The molecule has 1 heterocycles. The highest BCUT2D eigenvalue weighted by atomic mass is 79.9. The van der Waals surface area contributed by atoms with Gasteiger partial charge in [-0.25, -0.2) is 0 Å². The molecule has 0 bridgehead atoms. The molecule has 0 spiro atoms. The molecule has 0 amide bonds. The van der Waals surface area contributed by atoms with Gasteiger partial charge in [-0.05, 0) is 18.2 Å². The SMILES string of the molecule is FC(F)Oc1ccc(Br)cc1CNCc1ccno1. The van der Waals surface area contributed by atoms with Gasteiger partial charge in [-0.15, -0.1) is 0 Å². The fraction of sp³-hybridized carbons (Fsp3) is 0.250. The summed E-state index contributed by atoms with van der Waals surface area (Å²) in [6.07, 6.45) is 1.54. The Hall–Kier alpha value is -1.47. The largest absolute Gasteiger partial charge is 0.434 e. The van der Waals surface area contributed by atoms with Crippen molar-refractivity contribution in [2.75, 3.05) is 0 Å². The van der Waals surface area contributed by atoms with Crippen molar-refractivity contribution >= 4 is 15.9 Å². The van der Waals surface area contributed by atoms with Crippen LogP contribution in [0, 0.1) is 0 Å². The molecular formula is C12H11BrF2N2O2. The second kappa shape index (κ2) is 6.63. The summed E-state index contributed by atoms with van der Waals surface area (Å²) in [6, 6.07) is 6.61. The van der Waals surface area contributed by atoms with Crippen molar-refractivity contribution in [2.24, 2.45) is 0 Å². The van der Waals surface area contributed by atoms with E-state index in [0.717, 1.165) is 4.47 Å². The standard InChI is InChI=1S/C12H11BrF2N2O2/c13-9-1-2-11(18-12(14)15)8(5-9)6-16-7-10-3-4-17-19-10/h1-5,12,16H,6-7H2. The number of hydrogen-bond donors (Lipinski definition) is 1. The summed E-state index contributed by atoms with van der Waals surface area (Å²) in [4.78, 5) is 0.